The molecule has 0 aliphatic carbocycles. The van der Waals surface area contributed by atoms with Gasteiger partial charge in [-0.15, -0.1) is 0 Å². The van der Waals surface area contributed by atoms with Crippen molar-refractivity contribution in [3.05, 3.63) is 124 Å². The average Bonchev–Trinajstić information content (AvgIpc) is 2.96. The van der Waals surface area contributed by atoms with Gasteiger partial charge in [-0.2, -0.15) is 0 Å². The molecule has 40 heavy (non-hydrogen) atoms. The van der Waals surface area contributed by atoms with Crippen molar-refractivity contribution in [1.82, 2.24) is 5.32 Å². The number of carbonyl (C=O) groups excluding carboxylic acids is 3. The van der Waals surface area contributed by atoms with Gasteiger partial charge in [-0.25, -0.2) is 4.99 Å². The Bertz CT molecular complexity index is 1610. The van der Waals surface area contributed by atoms with Gasteiger partial charge < -0.3 is 15.8 Å². The van der Waals surface area contributed by atoms with Crippen LogP contribution in [-0.4, -0.2) is 30.7 Å². The summed E-state index contributed by atoms with van der Waals surface area (Å²) in [5, 5.41) is 5.46. The molecular formula is C32H30N4O4. The summed E-state index contributed by atoms with van der Waals surface area (Å²) in [7, 11) is 1.55. The second-order valence-electron chi connectivity index (χ2n) is 9.30. The zero-order valence-corrected chi connectivity index (χ0v) is 22.7. The highest BCUT2D eigenvalue weighted by molar-refractivity contribution is 6.10. The van der Waals surface area contributed by atoms with Gasteiger partial charge in [-0.3, -0.25) is 19.7 Å². The average molecular weight is 535 g/mol. The van der Waals surface area contributed by atoms with Crippen molar-refractivity contribution in [3.8, 4) is 5.75 Å². The maximum absolute atomic E-state index is 12.9. The molecule has 4 N–H and O–H groups in total. The lowest BCUT2D eigenvalue weighted by molar-refractivity contribution is 0.0974. The van der Waals surface area contributed by atoms with E-state index in [1.165, 1.54) is 0 Å². The Kier molecular flexibility index (Phi) is 8.39. The summed E-state index contributed by atoms with van der Waals surface area (Å²) in [5.41, 5.74) is 11.5. The van der Waals surface area contributed by atoms with Gasteiger partial charge in [0.05, 0.1) is 12.8 Å². The number of hydrogen-bond acceptors (Lipinski definition) is 5. The Morgan fingerprint density at radius 2 is 1.38 bits per heavy atom. The molecule has 0 saturated carbocycles. The Balaban J connectivity index is 1.45. The molecule has 0 heterocycles. The van der Waals surface area contributed by atoms with Gasteiger partial charge in [-0.1, -0.05) is 48.5 Å². The molecule has 4 rings (SSSR count). The van der Waals surface area contributed by atoms with Crippen molar-refractivity contribution in [2.24, 2.45) is 10.7 Å². The predicted molar refractivity (Wildman–Crippen MR) is 157 cm³/mol. The standard InChI is InChI=1S/C32H30N4O4/c1-19-10-15-26(34-32(33)36-31(39)25-16-20(2)21(3)28(17-25)40-4)18-27(19)35-30(38)24-13-11-23(12-14-24)29(37)22-8-6-5-7-9-22/h5-18H,1-4H3,(H,35,38)(H3,33,34,36,39). The molecule has 2 amide bonds. The molecule has 0 spiro atoms. The topological polar surface area (TPSA) is 123 Å². The molecule has 0 saturated heterocycles. The molecule has 0 aromatic heterocycles. The van der Waals surface area contributed by atoms with Crippen LogP contribution >= 0.6 is 0 Å². The molecule has 0 atom stereocenters. The van der Waals surface area contributed by atoms with E-state index in [0.29, 0.717) is 39.4 Å². The monoisotopic (exact) mass is 534 g/mol. The van der Waals surface area contributed by atoms with Crippen LogP contribution in [0.1, 0.15) is 53.3 Å². The number of rotatable bonds is 7. The summed E-state index contributed by atoms with van der Waals surface area (Å²) in [6.07, 6.45) is 0. The summed E-state index contributed by atoms with van der Waals surface area (Å²) in [6.45, 7) is 5.66. The molecular weight excluding hydrogens is 504 g/mol. The first-order valence-electron chi connectivity index (χ1n) is 12.6. The Morgan fingerprint density at radius 3 is 2.05 bits per heavy atom. The summed E-state index contributed by atoms with van der Waals surface area (Å²) < 4.78 is 5.35. The van der Waals surface area contributed by atoms with Gasteiger partial charge >= 0.3 is 0 Å². The number of aryl methyl sites for hydroxylation is 2. The van der Waals surface area contributed by atoms with Crippen LogP contribution in [0.15, 0.2) is 89.9 Å². The highest BCUT2D eigenvalue weighted by Crippen LogP contribution is 2.25. The summed E-state index contributed by atoms with van der Waals surface area (Å²) in [6, 6.07) is 24.0. The van der Waals surface area contributed by atoms with Crippen LogP contribution in [0.5, 0.6) is 5.75 Å². The van der Waals surface area contributed by atoms with E-state index in [9.17, 15) is 14.4 Å². The van der Waals surface area contributed by atoms with Crippen LogP contribution < -0.4 is 21.1 Å². The number of anilines is 1. The van der Waals surface area contributed by atoms with E-state index in [1.807, 2.05) is 26.8 Å². The molecule has 8 heteroatoms. The van der Waals surface area contributed by atoms with Crippen LogP contribution in [0, 0.1) is 20.8 Å². The highest BCUT2D eigenvalue weighted by atomic mass is 16.5. The number of guanidine groups is 1. The van der Waals surface area contributed by atoms with Crippen molar-refractivity contribution in [1.29, 1.82) is 0 Å². The normalized spacial score (nSPS) is 11.1. The minimum atomic E-state index is -0.419. The van der Waals surface area contributed by atoms with E-state index in [-0.39, 0.29) is 17.6 Å². The van der Waals surface area contributed by atoms with Crippen LogP contribution in [0.4, 0.5) is 11.4 Å². The zero-order chi connectivity index (χ0) is 28.8. The lowest BCUT2D eigenvalue weighted by Gasteiger charge is -2.12. The smallest absolute Gasteiger partial charge is 0.258 e. The van der Waals surface area contributed by atoms with E-state index < -0.39 is 5.91 Å². The molecule has 0 aliphatic heterocycles. The number of methoxy groups -OCH3 is 1. The first-order chi connectivity index (χ1) is 19.2. The largest absolute Gasteiger partial charge is 0.496 e. The van der Waals surface area contributed by atoms with Gasteiger partial charge in [-0.05, 0) is 73.9 Å². The molecule has 0 aliphatic rings. The lowest BCUT2D eigenvalue weighted by Crippen LogP contribution is -2.36. The zero-order valence-electron chi connectivity index (χ0n) is 22.7. The van der Waals surface area contributed by atoms with Crippen LogP contribution in [0.2, 0.25) is 0 Å². The van der Waals surface area contributed by atoms with Crippen molar-refractivity contribution >= 4 is 34.9 Å². The highest BCUT2D eigenvalue weighted by Gasteiger charge is 2.14. The third kappa shape index (κ3) is 6.42. The molecule has 0 radical (unpaired) electrons. The fraction of sp³-hybridized carbons (Fsp3) is 0.125. The minimum Gasteiger partial charge on any atom is -0.496 e. The molecule has 4 aromatic carbocycles. The van der Waals surface area contributed by atoms with Gasteiger partial charge in [0.15, 0.2) is 5.78 Å². The summed E-state index contributed by atoms with van der Waals surface area (Å²) in [4.78, 5) is 42.6. The Morgan fingerprint density at radius 1 is 0.725 bits per heavy atom. The Labute approximate surface area is 232 Å². The maximum atomic E-state index is 12.9. The molecule has 8 nitrogen and oxygen atoms in total. The Hall–Kier alpha value is -5.24. The summed E-state index contributed by atoms with van der Waals surface area (Å²) >= 11 is 0. The number of hydrogen-bond donors (Lipinski definition) is 3. The SMILES string of the molecule is COc1cc(C(=O)NC(N)=Nc2ccc(C)c(NC(=O)c3ccc(C(=O)c4ccccc4)cc3)c2)cc(C)c1C. The van der Waals surface area contributed by atoms with E-state index in [0.717, 1.165) is 16.7 Å². The molecule has 4 aromatic rings. The van der Waals surface area contributed by atoms with Gasteiger partial charge in [0.25, 0.3) is 11.8 Å². The van der Waals surface area contributed by atoms with E-state index in [1.54, 1.807) is 86.0 Å². The van der Waals surface area contributed by atoms with Crippen molar-refractivity contribution in [2.75, 3.05) is 12.4 Å². The number of nitrogens with one attached hydrogen (secondary N) is 2. The second kappa shape index (κ2) is 12.1. The second-order valence-corrected chi connectivity index (χ2v) is 9.30. The first kappa shape index (κ1) is 27.8. The van der Waals surface area contributed by atoms with Gasteiger partial charge in [0.1, 0.15) is 5.75 Å². The van der Waals surface area contributed by atoms with Crippen molar-refractivity contribution in [3.63, 3.8) is 0 Å². The first-order valence-corrected chi connectivity index (χ1v) is 12.6. The number of carbonyl (C=O) groups is 3. The number of nitrogens with two attached hydrogens (primary N) is 1. The van der Waals surface area contributed by atoms with Gasteiger partial charge in [0.2, 0.25) is 5.96 Å². The number of nitrogens with zero attached hydrogens (tertiary/aromatic N) is 1. The number of benzene rings is 4. The lowest BCUT2D eigenvalue weighted by atomic mass is 10.0. The number of ketones is 1. The number of amides is 2. The fourth-order valence-corrected chi connectivity index (χ4v) is 4.06. The number of ether oxygens (including phenoxy) is 1. The van der Waals surface area contributed by atoms with E-state index in [4.69, 9.17) is 10.5 Å². The predicted octanol–water partition coefficient (Wildman–Crippen LogP) is 5.48. The van der Waals surface area contributed by atoms with Crippen molar-refractivity contribution in [2.45, 2.75) is 20.8 Å². The van der Waals surface area contributed by atoms with Crippen LogP contribution in [0.25, 0.3) is 0 Å². The van der Waals surface area contributed by atoms with Crippen molar-refractivity contribution < 1.29 is 19.1 Å². The number of aliphatic imine (C=N–C) groups is 1. The fourth-order valence-electron chi connectivity index (χ4n) is 4.06. The van der Waals surface area contributed by atoms with Gasteiger partial charge in [0, 0.05) is 27.9 Å². The molecule has 0 fully saturated rings. The van der Waals surface area contributed by atoms with E-state index in [2.05, 4.69) is 15.6 Å². The molecule has 202 valence electrons. The third-order valence-corrected chi connectivity index (χ3v) is 6.51. The third-order valence-electron chi connectivity index (χ3n) is 6.51. The molecule has 0 unspecified atom stereocenters. The van der Waals surface area contributed by atoms with Crippen LogP contribution in [0.3, 0.4) is 0 Å². The van der Waals surface area contributed by atoms with E-state index >= 15 is 0 Å². The van der Waals surface area contributed by atoms with Crippen LogP contribution in [-0.2, 0) is 0 Å². The maximum Gasteiger partial charge on any atom is 0.258 e. The molecule has 0 bridgehead atoms. The quantitative estimate of drug-likeness (QED) is 0.165. The minimum absolute atomic E-state index is 0.0954. The summed E-state index contributed by atoms with van der Waals surface area (Å²) in [5.74, 6) is -0.361.